The third-order valence-corrected chi connectivity index (χ3v) is 4.19. The molecule has 1 heterocycles. The Morgan fingerprint density at radius 3 is 2.50 bits per heavy atom. The summed E-state index contributed by atoms with van der Waals surface area (Å²) in [5.41, 5.74) is 3.34. The zero-order valence-electron chi connectivity index (χ0n) is 12.8. The zero-order valence-corrected chi connectivity index (χ0v) is 13.5. The topological polar surface area (TPSA) is 42.2 Å². The van der Waals surface area contributed by atoms with Crippen molar-refractivity contribution in [2.75, 3.05) is 5.32 Å². The molecule has 0 unspecified atom stereocenters. The van der Waals surface area contributed by atoms with Crippen molar-refractivity contribution in [3.05, 3.63) is 77.3 Å². The summed E-state index contributed by atoms with van der Waals surface area (Å²) in [6.45, 7) is 0. The lowest BCUT2D eigenvalue weighted by molar-refractivity contribution is -0.115. The second-order valence-electron chi connectivity index (χ2n) is 5.66. The zero-order chi connectivity index (χ0) is 16.5. The molecule has 4 aromatic rings. The third kappa shape index (κ3) is 2.86. The number of halogens is 1. The van der Waals surface area contributed by atoms with Crippen LogP contribution in [0.15, 0.2) is 71.1 Å². The second kappa shape index (κ2) is 6.02. The maximum absolute atomic E-state index is 12.2. The largest absolute Gasteiger partial charge is 0.456 e. The standard InChI is InChI=1S/C20H14ClNO2/c21-14-7-5-13(6-8-14)11-20(23)22-15-9-10-19-17(12-15)16-3-1-2-4-18(16)24-19/h1-10,12H,11H2,(H,22,23). The molecule has 118 valence electrons. The Kier molecular flexibility index (Phi) is 3.71. The van der Waals surface area contributed by atoms with E-state index in [2.05, 4.69) is 5.32 Å². The van der Waals surface area contributed by atoms with Crippen LogP contribution in [0.1, 0.15) is 5.56 Å². The summed E-state index contributed by atoms with van der Waals surface area (Å²) < 4.78 is 5.79. The minimum absolute atomic E-state index is 0.0653. The Hall–Kier alpha value is -2.78. The highest BCUT2D eigenvalue weighted by Crippen LogP contribution is 2.30. The molecule has 0 aliphatic heterocycles. The van der Waals surface area contributed by atoms with Crippen molar-refractivity contribution >= 4 is 45.1 Å². The predicted molar refractivity (Wildman–Crippen MR) is 97.5 cm³/mol. The van der Waals surface area contributed by atoms with Gasteiger partial charge in [-0.2, -0.15) is 0 Å². The van der Waals surface area contributed by atoms with Crippen LogP contribution in [0.3, 0.4) is 0 Å². The summed E-state index contributed by atoms with van der Waals surface area (Å²) in [5, 5.41) is 5.64. The van der Waals surface area contributed by atoms with Gasteiger partial charge >= 0.3 is 0 Å². The number of nitrogens with one attached hydrogen (secondary N) is 1. The van der Waals surface area contributed by atoms with Gasteiger partial charge in [0.05, 0.1) is 6.42 Å². The van der Waals surface area contributed by atoms with E-state index in [0.717, 1.165) is 33.2 Å². The van der Waals surface area contributed by atoms with E-state index < -0.39 is 0 Å². The molecule has 24 heavy (non-hydrogen) atoms. The minimum atomic E-state index is -0.0653. The number of fused-ring (bicyclic) bond motifs is 3. The average molecular weight is 336 g/mol. The Morgan fingerprint density at radius 2 is 1.67 bits per heavy atom. The van der Waals surface area contributed by atoms with E-state index in [9.17, 15) is 4.79 Å². The lowest BCUT2D eigenvalue weighted by Gasteiger charge is -2.05. The van der Waals surface area contributed by atoms with Crippen LogP contribution >= 0.6 is 11.6 Å². The maximum Gasteiger partial charge on any atom is 0.228 e. The van der Waals surface area contributed by atoms with E-state index in [1.807, 2.05) is 54.6 Å². The summed E-state index contributed by atoms with van der Waals surface area (Å²) in [5.74, 6) is -0.0653. The minimum Gasteiger partial charge on any atom is -0.456 e. The highest BCUT2D eigenvalue weighted by Gasteiger charge is 2.09. The van der Waals surface area contributed by atoms with E-state index in [4.69, 9.17) is 16.0 Å². The second-order valence-corrected chi connectivity index (χ2v) is 6.10. The van der Waals surface area contributed by atoms with E-state index in [-0.39, 0.29) is 5.91 Å². The quantitative estimate of drug-likeness (QED) is 0.543. The van der Waals surface area contributed by atoms with Gasteiger partial charge in [0.1, 0.15) is 11.2 Å². The lowest BCUT2D eigenvalue weighted by Crippen LogP contribution is -2.14. The number of amides is 1. The van der Waals surface area contributed by atoms with E-state index >= 15 is 0 Å². The van der Waals surface area contributed by atoms with Gasteiger partial charge in [0.25, 0.3) is 0 Å². The predicted octanol–water partition coefficient (Wildman–Crippen LogP) is 5.42. The van der Waals surface area contributed by atoms with Crippen LogP contribution < -0.4 is 5.32 Å². The number of hydrogen-bond acceptors (Lipinski definition) is 2. The Labute approximate surface area is 143 Å². The number of para-hydroxylation sites is 1. The Bertz CT molecular complexity index is 1030. The molecule has 4 rings (SSSR count). The van der Waals surface area contributed by atoms with Crippen molar-refractivity contribution in [1.82, 2.24) is 0 Å². The molecule has 0 fully saturated rings. The summed E-state index contributed by atoms with van der Waals surface area (Å²) in [6.07, 6.45) is 0.307. The van der Waals surface area contributed by atoms with Crippen LogP contribution in [0.2, 0.25) is 5.02 Å². The van der Waals surface area contributed by atoms with Gasteiger partial charge in [-0.1, -0.05) is 41.9 Å². The Morgan fingerprint density at radius 1 is 0.917 bits per heavy atom. The van der Waals surface area contributed by atoms with Crippen LogP contribution in [-0.2, 0) is 11.2 Å². The molecular weight excluding hydrogens is 322 g/mol. The molecule has 0 saturated carbocycles. The molecule has 0 bridgehead atoms. The first-order chi connectivity index (χ1) is 11.7. The van der Waals surface area contributed by atoms with Crippen molar-refractivity contribution in [3.63, 3.8) is 0 Å². The number of furan rings is 1. The molecule has 0 atom stereocenters. The summed E-state index contributed by atoms with van der Waals surface area (Å²) in [7, 11) is 0. The van der Waals surface area contributed by atoms with Crippen molar-refractivity contribution in [2.45, 2.75) is 6.42 Å². The van der Waals surface area contributed by atoms with Crippen molar-refractivity contribution in [3.8, 4) is 0 Å². The number of carbonyl (C=O) groups is 1. The summed E-state index contributed by atoms with van der Waals surface area (Å²) >= 11 is 5.86. The fourth-order valence-corrected chi connectivity index (χ4v) is 2.92. The molecule has 0 aliphatic carbocycles. The molecule has 3 aromatic carbocycles. The van der Waals surface area contributed by atoms with Crippen LogP contribution in [0.4, 0.5) is 5.69 Å². The van der Waals surface area contributed by atoms with Crippen LogP contribution in [0, 0.1) is 0 Å². The van der Waals surface area contributed by atoms with E-state index in [0.29, 0.717) is 11.4 Å². The fourth-order valence-electron chi connectivity index (χ4n) is 2.80. The SMILES string of the molecule is O=C(Cc1ccc(Cl)cc1)Nc1ccc2oc3ccccc3c2c1. The number of carbonyl (C=O) groups excluding carboxylic acids is 1. The van der Waals surface area contributed by atoms with Gasteiger partial charge in [-0.25, -0.2) is 0 Å². The lowest BCUT2D eigenvalue weighted by atomic mass is 10.1. The molecule has 0 spiro atoms. The first-order valence-corrected chi connectivity index (χ1v) is 8.02. The van der Waals surface area contributed by atoms with Gasteiger partial charge in [-0.3, -0.25) is 4.79 Å². The maximum atomic E-state index is 12.2. The molecule has 1 aromatic heterocycles. The molecule has 3 nitrogen and oxygen atoms in total. The van der Waals surface area contributed by atoms with Crippen molar-refractivity contribution in [1.29, 1.82) is 0 Å². The normalized spacial score (nSPS) is 11.0. The van der Waals surface area contributed by atoms with Crippen molar-refractivity contribution < 1.29 is 9.21 Å². The molecule has 0 radical (unpaired) electrons. The molecule has 4 heteroatoms. The summed E-state index contributed by atoms with van der Waals surface area (Å²) in [6, 6.07) is 20.8. The number of hydrogen-bond donors (Lipinski definition) is 1. The average Bonchev–Trinajstić information content (AvgIpc) is 2.95. The molecular formula is C20H14ClNO2. The number of benzene rings is 3. The van der Waals surface area contributed by atoms with Gasteiger partial charge in [-0.05, 0) is 42.0 Å². The van der Waals surface area contributed by atoms with Gasteiger partial charge in [0.15, 0.2) is 0 Å². The smallest absolute Gasteiger partial charge is 0.228 e. The number of anilines is 1. The van der Waals surface area contributed by atoms with Crippen LogP contribution in [0.25, 0.3) is 21.9 Å². The molecule has 1 N–H and O–H groups in total. The molecule has 1 amide bonds. The van der Waals surface area contributed by atoms with E-state index in [1.54, 1.807) is 12.1 Å². The van der Waals surface area contributed by atoms with Gasteiger partial charge < -0.3 is 9.73 Å². The Balaban J connectivity index is 1.58. The fraction of sp³-hybridized carbons (Fsp3) is 0.0500. The molecule has 0 saturated heterocycles. The molecule has 0 aliphatic rings. The first-order valence-electron chi connectivity index (χ1n) is 7.65. The number of rotatable bonds is 3. The van der Waals surface area contributed by atoms with Crippen LogP contribution in [0.5, 0.6) is 0 Å². The van der Waals surface area contributed by atoms with Crippen molar-refractivity contribution in [2.24, 2.45) is 0 Å². The monoisotopic (exact) mass is 335 g/mol. The van der Waals surface area contributed by atoms with Crippen LogP contribution in [-0.4, -0.2) is 5.91 Å². The highest BCUT2D eigenvalue weighted by atomic mass is 35.5. The third-order valence-electron chi connectivity index (χ3n) is 3.94. The highest BCUT2D eigenvalue weighted by molar-refractivity contribution is 6.30. The van der Waals surface area contributed by atoms with E-state index in [1.165, 1.54) is 0 Å². The summed E-state index contributed by atoms with van der Waals surface area (Å²) in [4.78, 5) is 12.2. The van der Waals surface area contributed by atoms with Gasteiger partial charge in [-0.15, -0.1) is 0 Å². The van der Waals surface area contributed by atoms with Gasteiger partial charge in [0.2, 0.25) is 5.91 Å². The first kappa shape index (κ1) is 14.8. The van der Waals surface area contributed by atoms with Gasteiger partial charge in [0, 0.05) is 21.5 Å².